The summed E-state index contributed by atoms with van der Waals surface area (Å²) < 4.78 is 63.2. The fourth-order valence-electron chi connectivity index (χ4n) is 2.75. The van der Waals surface area contributed by atoms with E-state index in [1.807, 2.05) is 0 Å². The Bertz CT molecular complexity index is 1030. The van der Waals surface area contributed by atoms with E-state index in [-0.39, 0.29) is 23.9 Å². The smallest absolute Gasteiger partial charge is 0.366 e. The number of anilines is 1. The van der Waals surface area contributed by atoms with E-state index < -0.39 is 27.3 Å². The minimum absolute atomic E-state index is 0.103. The number of piperazine rings is 1. The number of pyridine rings is 1. The van der Waals surface area contributed by atoms with E-state index in [0.29, 0.717) is 25.0 Å². The minimum Gasteiger partial charge on any atom is -0.366 e. The molecule has 0 atom stereocenters. The normalized spacial score (nSPS) is 16.4. The van der Waals surface area contributed by atoms with Crippen molar-refractivity contribution in [3.8, 4) is 5.82 Å². The van der Waals surface area contributed by atoms with Crippen molar-refractivity contribution in [1.82, 2.24) is 19.1 Å². The zero-order chi connectivity index (χ0) is 20.7. The van der Waals surface area contributed by atoms with Gasteiger partial charge in [0.2, 0.25) is 10.0 Å². The molecule has 1 aliphatic heterocycles. The minimum atomic E-state index is -4.54. The molecular formula is C15H15ClF3N5O3S. The van der Waals surface area contributed by atoms with Crippen LogP contribution in [0.1, 0.15) is 5.56 Å². The summed E-state index contributed by atoms with van der Waals surface area (Å²) >= 11 is 6.16. The monoisotopic (exact) mass is 437 g/mol. The van der Waals surface area contributed by atoms with Crippen LogP contribution >= 0.6 is 11.6 Å². The Labute approximate surface area is 163 Å². The molecule has 0 amide bonds. The molecule has 1 saturated heterocycles. The Morgan fingerprint density at radius 1 is 1.11 bits per heavy atom. The van der Waals surface area contributed by atoms with Crippen molar-refractivity contribution < 1.29 is 21.6 Å². The Kier molecular flexibility index (Phi) is 5.38. The summed E-state index contributed by atoms with van der Waals surface area (Å²) in [5.41, 5.74) is -1.37. The fourth-order valence-corrected chi connectivity index (χ4v) is 3.82. The summed E-state index contributed by atoms with van der Waals surface area (Å²) in [6.07, 6.45) is -1.51. The van der Waals surface area contributed by atoms with Crippen LogP contribution in [0.4, 0.5) is 18.9 Å². The van der Waals surface area contributed by atoms with Gasteiger partial charge in [-0.1, -0.05) is 11.6 Å². The second-order valence-electron chi connectivity index (χ2n) is 6.11. The van der Waals surface area contributed by atoms with Gasteiger partial charge in [-0.15, -0.1) is 0 Å². The van der Waals surface area contributed by atoms with Gasteiger partial charge in [-0.3, -0.25) is 4.79 Å². The van der Waals surface area contributed by atoms with Gasteiger partial charge in [0.25, 0.3) is 5.56 Å². The number of sulfonamides is 1. The zero-order valence-corrected chi connectivity index (χ0v) is 16.1. The lowest BCUT2D eigenvalue weighted by Gasteiger charge is -2.34. The Hall–Kier alpha value is -2.18. The predicted octanol–water partition coefficient (Wildman–Crippen LogP) is 1.38. The first-order valence-corrected chi connectivity index (χ1v) is 10.2. The van der Waals surface area contributed by atoms with E-state index in [1.54, 1.807) is 4.90 Å². The highest BCUT2D eigenvalue weighted by atomic mass is 35.5. The van der Waals surface area contributed by atoms with E-state index in [0.717, 1.165) is 23.1 Å². The summed E-state index contributed by atoms with van der Waals surface area (Å²) in [5, 5.41) is 3.77. The summed E-state index contributed by atoms with van der Waals surface area (Å²) in [5.74, 6) is -0.103. The average Bonchev–Trinajstić information content (AvgIpc) is 2.63. The Morgan fingerprint density at radius 2 is 1.75 bits per heavy atom. The summed E-state index contributed by atoms with van der Waals surface area (Å²) in [4.78, 5) is 17.9. The van der Waals surface area contributed by atoms with Gasteiger partial charge in [0, 0.05) is 32.4 Å². The van der Waals surface area contributed by atoms with E-state index in [2.05, 4.69) is 10.1 Å². The van der Waals surface area contributed by atoms with Crippen molar-refractivity contribution in [3.05, 3.63) is 45.5 Å². The van der Waals surface area contributed by atoms with Crippen LogP contribution in [0, 0.1) is 0 Å². The number of hydrogen-bond acceptors (Lipinski definition) is 6. The van der Waals surface area contributed by atoms with Crippen LogP contribution in [0.25, 0.3) is 5.82 Å². The standard InChI is InChI=1S/C15H15ClF3N5O3S/c1-28(26,27)23-6-4-22(5-7-23)11-9-21-24(14(25)13(11)16)12-3-2-10(8-20-12)15(17,18)19/h2-3,8-9H,4-7H2,1H3. The third-order valence-corrected chi connectivity index (χ3v) is 5.90. The number of rotatable bonds is 3. The third-order valence-electron chi connectivity index (χ3n) is 4.24. The number of aromatic nitrogens is 3. The fraction of sp³-hybridized carbons (Fsp3) is 0.400. The molecule has 2 aromatic rings. The maximum atomic E-state index is 12.6. The first-order chi connectivity index (χ1) is 13.0. The van der Waals surface area contributed by atoms with Crippen LogP contribution in [0.3, 0.4) is 0 Å². The molecule has 3 rings (SSSR count). The second-order valence-corrected chi connectivity index (χ2v) is 8.47. The van der Waals surface area contributed by atoms with Crippen LogP contribution in [0.5, 0.6) is 0 Å². The van der Waals surface area contributed by atoms with Gasteiger partial charge in [-0.05, 0) is 12.1 Å². The van der Waals surface area contributed by atoms with Gasteiger partial charge in [0.15, 0.2) is 5.82 Å². The zero-order valence-electron chi connectivity index (χ0n) is 14.5. The Morgan fingerprint density at radius 3 is 2.25 bits per heavy atom. The molecule has 0 N–H and O–H groups in total. The number of alkyl halides is 3. The van der Waals surface area contributed by atoms with Crippen molar-refractivity contribution in [2.45, 2.75) is 6.18 Å². The maximum absolute atomic E-state index is 12.6. The molecule has 13 heteroatoms. The van der Waals surface area contributed by atoms with E-state index in [1.165, 1.54) is 10.5 Å². The highest BCUT2D eigenvalue weighted by molar-refractivity contribution is 7.88. The number of halogens is 4. The molecule has 152 valence electrons. The number of hydrogen-bond donors (Lipinski definition) is 0. The molecule has 8 nitrogen and oxygen atoms in total. The van der Waals surface area contributed by atoms with Crippen LogP contribution in [-0.2, 0) is 16.2 Å². The molecule has 0 aliphatic carbocycles. The van der Waals surface area contributed by atoms with Crippen molar-refractivity contribution in [2.75, 3.05) is 37.3 Å². The van der Waals surface area contributed by atoms with E-state index in [9.17, 15) is 26.4 Å². The molecule has 3 heterocycles. The quantitative estimate of drug-likeness (QED) is 0.721. The topological polar surface area (TPSA) is 88.4 Å². The maximum Gasteiger partial charge on any atom is 0.417 e. The third kappa shape index (κ3) is 4.13. The highest BCUT2D eigenvalue weighted by Crippen LogP contribution is 2.29. The molecule has 0 radical (unpaired) electrons. The van der Waals surface area contributed by atoms with Gasteiger partial charge in [-0.2, -0.15) is 27.3 Å². The van der Waals surface area contributed by atoms with Crippen LogP contribution in [0.2, 0.25) is 5.02 Å². The second kappa shape index (κ2) is 7.33. The molecule has 1 fully saturated rings. The SMILES string of the molecule is CS(=O)(=O)N1CCN(c2cnn(-c3ccc(C(F)(F)F)cn3)c(=O)c2Cl)CC1. The number of nitrogens with zero attached hydrogens (tertiary/aromatic N) is 5. The van der Waals surface area contributed by atoms with Crippen LogP contribution in [0.15, 0.2) is 29.3 Å². The first kappa shape index (κ1) is 20.6. The van der Waals surface area contributed by atoms with Gasteiger partial charge in [0.1, 0.15) is 5.02 Å². The lowest BCUT2D eigenvalue weighted by Crippen LogP contribution is -2.48. The summed E-state index contributed by atoms with van der Waals surface area (Å²) in [6, 6.07) is 1.82. The van der Waals surface area contributed by atoms with E-state index in [4.69, 9.17) is 11.6 Å². The van der Waals surface area contributed by atoms with Crippen molar-refractivity contribution in [2.24, 2.45) is 0 Å². The first-order valence-electron chi connectivity index (χ1n) is 8.00. The average molecular weight is 438 g/mol. The van der Waals surface area contributed by atoms with Crippen molar-refractivity contribution in [3.63, 3.8) is 0 Å². The molecular weight excluding hydrogens is 423 g/mol. The summed E-state index contributed by atoms with van der Waals surface area (Å²) in [7, 11) is -3.30. The van der Waals surface area contributed by atoms with Crippen molar-refractivity contribution in [1.29, 1.82) is 0 Å². The molecule has 0 saturated carbocycles. The molecule has 0 bridgehead atoms. The predicted molar refractivity (Wildman–Crippen MR) is 96.3 cm³/mol. The highest BCUT2D eigenvalue weighted by Gasteiger charge is 2.31. The Balaban J connectivity index is 1.85. The largest absolute Gasteiger partial charge is 0.417 e. The van der Waals surface area contributed by atoms with Crippen LogP contribution < -0.4 is 10.5 Å². The molecule has 0 spiro atoms. The van der Waals surface area contributed by atoms with Gasteiger partial charge < -0.3 is 4.90 Å². The molecule has 0 aromatic carbocycles. The molecule has 0 unspecified atom stereocenters. The van der Waals surface area contributed by atoms with Crippen molar-refractivity contribution >= 4 is 27.3 Å². The molecule has 1 aliphatic rings. The van der Waals surface area contributed by atoms with Gasteiger partial charge in [-0.25, -0.2) is 13.4 Å². The lowest BCUT2D eigenvalue weighted by atomic mass is 10.3. The lowest BCUT2D eigenvalue weighted by molar-refractivity contribution is -0.137. The van der Waals surface area contributed by atoms with Crippen LogP contribution in [-0.4, -0.2) is 59.9 Å². The van der Waals surface area contributed by atoms with Gasteiger partial charge >= 0.3 is 6.18 Å². The molecule has 2 aromatic heterocycles. The van der Waals surface area contributed by atoms with Gasteiger partial charge in [0.05, 0.1) is 23.7 Å². The van der Waals surface area contributed by atoms with E-state index >= 15 is 0 Å². The molecule has 28 heavy (non-hydrogen) atoms. The summed E-state index contributed by atoms with van der Waals surface area (Å²) in [6.45, 7) is 1.10.